The molecule has 0 bridgehead atoms. The van der Waals surface area contributed by atoms with Crippen molar-refractivity contribution in [3.63, 3.8) is 0 Å². The van der Waals surface area contributed by atoms with Gasteiger partial charge < -0.3 is 5.32 Å². The molecule has 3 aromatic heterocycles. The average molecular weight is 478 g/mol. The molecule has 4 rings (SSSR count). The minimum absolute atomic E-state index is 0.0906. The van der Waals surface area contributed by atoms with E-state index in [1.54, 1.807) is 4.40 Å². The summed E-state index contributed by atoms with van der Waals surface area (Å²) in [6.45, 7) is 10.9. The summed E-state index contributed by atoms with van der Waals surface area (Å²) in [7, 11) is 0. The first-order valence-corrected chi connectivity index (χ1v) is 12.6. The summed E-state index contributed by atoms with van der Waals surface area (Å²) in [6, 6.07) is 10.2. The minimum Gasteiger partial charge on any atom is -0.356 e. The SMILES string of the molecule is CCCCNC(=O)Cc1csc2nc(C)c(-c3cc(C)n(-c4ccc(C(C)C)cc4)n3)c(=O)n12. The van der Waals surface area contributed by atoms with Gasteiger partial charge in [0.1, 0.15) is 5.69 Å². The molecule has 0 unspecified atom stereocenters. The third-order valence-electron chi connectivity index (χ3n) is 5.96. The highest BCUT2D eigenvalue weighted by Gasteiger charge is 2.20. The molecule has 0 spiro atoms. The van der Waals surface area contributed by atoms with E-state index >= 15 is 0 Å². The first kappa shape index (κ1) is 23.9. The Bertz CT molecular complexity index is 1380. The summed E-state index contributed by atoms with van der Waals surface area (Å²) in [5, 5.41) is 9.52. The summed E-state index contributed by atoms with van der Waals surface area (Å²) in [6.07, 6.45) is 2.09. The zero-order chi connectivity index (χ0) is 24.4. The molecule has 7 nitrogen and oxygen atoms in total. The molecule has 0 aliphatic heterocycles. The molecule has 1 aromatic carbocycles. The van der Waals surface area contributed by atoms with Gasteiger partial charge in [-0.15, -0.1) is 11.3 Å². The standard InChI is InChI=1S/C26H31N5O2S/c1-6-7-12-27-23(32)14-21-15-34-26-28-18(5)24(25(33)30(21)26)22-13-17(4)31(29-22)20-10-8-19(9-11-20)16(2)3/h8-11,13,15-16H,6-7,12,14H2,1-5H3,(H,27,32). The van der Waals surface area contributed by atoms with Crippen LogP contribution in [0.25, 0.3) is 21.9 Å². The molecule has 0 fully saturated rings. The molecule has 178 valence electrons. The monoisotopic (exact) mass is 477 g/mol. The Morgan fingerprint density at radius 2 is 1.91 bits per heavy atom. The lowest BCUT2D eigenvalue weighted by atomic mass is 10.0. The van der Waals surface area contributed by atoms with Crippen molar-refractivity contribution in [3.8, 4) is 16.9 Å². The lowest BCUT2D eigenvalue weighted by Crippen LogP contribution is -2.28. The van der Waals surface area contributed by atoms with Gasteiger partial charge in [-0.05, 0) is 49.9 Å². The minimum atomic E-state index is -0.195. The largest absolute Gasteiger partial charge is 0.356 e. The van der Waals surface area contributed by atoms with Crippen LogP contribution in [0.3, 0.4) is 0 Å². The quantitative estimate of drug-likeness (QED) is 0.369. The molecule has 34 heavy (non-hydrogen) atoms. The van der Waals surface area contributed by atoms with E-state index in [0.29, 0.717) is 40.1 Å². The van der Waals surface area contributed by atoms with Crippen molar-refractivity contribution in [2.75, 3.05) is 6.54 Å². The zero-order valence-corrected chi connectivity index (χ0v) is 21.2. The Balaban J connectivity index is 1.71. The summed E-state index contributed by atoms with van der Waals surface area (Å²) in [5.41, 5.74) is 5.26. The molecule has 1 N–H and O–H groups in total. The van der Waals surface area contributed by atoms with Crippen LogP contribution in [0, 0.1) is 13.8 Å². The Labute approximate surface area is 203 Å². The first-order valence-electron chi connectivity index (χ1n) is 11.7. The number of benzene rings is 1. The molecular weight excluding hydrogens is 446 g/mol. The molecule has 0 radical (unpaired) electrons. The van der Waals surface area contributed by atoms with Crippen LogP contribution < -0.4 is 10.9 Å². The van der Waals surface area contributed by atoms with Crippen LogP contribution in [-0.2, 0) is 11.2 Å². The van der Waals surface area contributed by atoms with Gasteiger partial charge in [0.25, 0.3) is 5.56 Å². The Morgan fingerprint density at radius 3 is 2.59 bits per heavy atom. The predicted molar refractivity (Wildman–Crippen MR) is 137 cm³/mol. The van der Waals surface area contributed by atoms with Crippen LogP contribution in [0.5, 0.6) is 0 Å². The Kier molecular flexibility index (Phi) is 6.97. The van der Waals surface area contributed by atoms with Gasteiger partial charge in [0.05, 0.1) is 23.4 Å². The van der Waals surface area contributed by atoms with Crippen LogP contribution in [0.1, 0.15) is 62.2 Å². The number of carbonyl (C=O) groups is 1. The van der Waals surface area contributed by atoms with Crippen molar-refractivity contribution in [2.45, 2.75) is 59.8 Å². The highest BCUT2D eigenvalue weighted by molar-refractivity contribution is 7.15. The molecule has 0 saturated carbocycles. The number of aryl methyl sites for hydroxylation is 2. The fourth-order valence-corrected chi connectivity index (χ4v) is 4.94. The van der Waals surface area contributed by atoms with Crippen molar-refractivity contribution in [3.05, 3.63) is 68.7 Å². The number of thiazole rings is 1. The number of amides is 1. The zero-order valence-electron chi connectivity index (χ0n) is 20.4. The van der Waals surface area contributed by atoms with Crippen LogP contribution in [0.4, 0.5) is 0 Å². The van der Waals surface area contributed by atoms with E-state index < -0.39 is 0 Å². The van der Waals surface area contributed by atoms with Gasteiger partial charge in [0.15, 0.2) is 4.96 Å². The number of hydrogen-bond donors (Lipinski definition) is 1. The highest BCUT2D eigenvalue weighted by Crippen LogP contribution is 2.24. The predicted octanol–water partition coefficient (Wildman–Crippen LogP) is 4.81. The van der Waals surface area contributed by atoms with Crippen molar-refractivity contribution in [1.82, 2.24) is 24.5 Å². The van der Waals surface area contributed by atoms with E-state index in [1.165, 1.54) is 16.9 Å². The number of carbonyl (C=O) groups excluding carboxylic acids is 1. The van der Waals surface area contributed by atoms with Crippen LogP contribution in [0.15, 0.2) is 40.5 Å². The summed E-state index contributed by atoms with van der Waals surface area (Å²) in [5.74, 6) is 0.365. The lowest BCUT2D eigenvalue weighted by Gasteiger charge is -2.08. The van der Waals surface area contributed by atoms with Crippen molar-refractivity contribution < 1.29 is 4.79 Å². The lowest BCUT2D eigenvalue weighted by molar-refractivity contribution is -0.120. The number of rotatable bonds is 8. The second-order valence-corrected chi connectivity index (χ2v) is 9.77. The van der Waals surface area contributed by atoms with Gasteiger partial charge in [0, 0.05) is 23.3 Å². The van der Waals surface area contributed by atoms with Gasteiger partial charge >= 0.3 is 0 Å². The maximum absolute atomic E-state index is 13.6. The fraction of sp³-hybridized carbons (Fsp3) is 0.385. The van der Waals surface area contributed by atoms with E-state index in [1.807, 2.05) is 30.0 Å². The van der Waals surface area contributed by atoms with Crippen molar-refractivity contribution in [2.24, 2.45) is 0 Å². The van der Waals surface area contributed by atoms with Gasteiger partial charge in [-0.1, -0.05) is 39.3 Å². The molecule has 1 amide bonds. The second kappa shape index (κ2) is 9.93. The molecule has 4 aromatic rings. The van der Waals surface area contributed by atoms with Crippen LogP contribution in [-0.4, -0.2) is 31.6 Å². The Hall–Kier alpha value is -3.26. The number of hydrogen-bond acceptors (Lipinski definition) is 5. The molecule has 3 heterocycles. The van der Waals surface area contributed by atoms with E-state index in [0.717, 1.165) is 24.2 Å². The topological polar surface area (TPSA) is 81.3 Å². The fourth-order valence-electron chi connectivity index (χ4n) is 4.01. The van der Waals surface area contributed by atoms with E-state index in [9.17, 15) is 9.59 Å². The van der Waals surface area contributed by atoms with Crippen molar-refractivity contribution >= 4 is 22.2 Å². The molecular formula is C26H31N5O2S. The summed E-state index contributed by atoms with van der Waals surface area (Å²) >= 11 is 1.37. The third-order valence-corrected chi connectivity index (χ3v) is 6.84. The van der Waals surface area contributed by atoms with Crippen LogP contribution >= 0.6 is 11.3 Å². The average Bonchev–Trinajstić information content (AvgIpc) is 3.37. The third kappa shape index (κ3) is 4.68. The first-order chi connectivity index (χ1) is 16.3. The second-order valence-electron chi connectivity index (χ2n) is 8.93. The normalized spacial score (nSPS) is 11.5. The smallest absolute Gasteiger partial charge is 0.268 e. The van der Waals surface area contributed by atoms with E-state index in [4.69, 9.17) is 5.10 Å². The van der Waals surface area contributed by atoms with Gasteiger partial charge in [-0.25, -0.2) is 9.67 Å². The summed E-state index contributed by atoms with van der Waals surface area (Å²) < 4.78 is 3.40. The molecule has 0 atom stereocenters. The van der Waals surface area contributed by atoms with E-state index in [2.05, 4.69) is 55.3 Å². The highest BCUT2D eigenvalue weighted by atomic mass is 32.1. The number of aromatic nitrogens is 4. The number of nitrogens with one attached hydrogen (secondary N) is 1. The van der Waals surface area contributed by atoms with Crippen LogP contribution in [0.2, 0.25) is 0 Å². The Morgan fingerprint density at radius 1 is 1.18 bits per heavy atom. The van der Waals surface area contributed by atoms with Gasteiger partial charge in [-0.2, -0.15) is 5.10 Å². The van der Waals surface area contributed by atoms with E-state index in [-0.39, 0.29) is 17.9 Å². The molecule has 0 aliphatic rings. The summed E-state index contributed by atoms with van der Waals surface area (Å²) in [4.78, 5) is 31.2. The molecule has 0 aliphatic carbocycles. The van der Waals surface area contributed by atoms with Gasteiger partial charge in [-0.3, -0.25) is 14.0 Å². The maximum atomic E-state index is 13.6. The van der Waals surface area contributed by atoms with Crippen molar-refractivity contribution in [1.29, 1.82) is 0 Å². The number of unbranched alkanes of at least 4 members (excludes halogenated alkanes) is 1. The maximum Gasteiger partial charge on any atom is 0.268 e. The molecule has 8 heteroatoms. The van der Waals surface area contributed by atoms with Gasteiger partial charge in [0.2, 0.25) is 5.91 Å². The number of nitrogens with zero attached hydrogens (tertiary/aromatic N) is 4. The molecule has 0 saturated heterocycles. The number of fused-ring (bicyclic) bond motifs is 1.